The number of fused-ring (bicyclic) bond motifs is 2. The second-order valence-electron chi connectivity index (χ2n) is 7.90. The van der Waals surface area contributed by atoms with E-state index >= 15 is 0 Å². The second-order valence-corrected chi connectivity index (χ2v) is 7.90. The molecule has 1 heterocycles. The molecule has 3 aromatic rings. The van der Waals surface area contributed by atoms with Crippen molar-refractivity contribution in [3.63, 3.8) is 0 Å². The van der Waals surface area contributed by atoms with Gasteiger partial charge in [0.25, 0.3) is 0 Å². The Hall–Kier alpha value is -5.12. The van der Waals surface area contributed by atoms with Gasteiger partial charge in [-0.15, -0.1) is 0 Å². The van der Waals surface area contributed by atoms with E-state index in [0.29, 0.717) is 22.3 Å². The minimum absolute atomic E-state index is 0.0953. The lowest BCUT2D eigenvalue weighted by molar-refractivity contribution is -0.160. The van der Waals surface area contributed by atoms with Crippen molar-refractivity contribution in [1.29, 1.82) is 0 Å². The summed E-state index contributed by atoms with van der Waals surface area (Å²) in [6.07, 6.45) is 3.75. The normalized spacial score (nSPS) is 12.8. The van der Waals surface area contributed by atoms with Crippen LogP contribution in [0.5, 0.6) is 40.2 Å². The fourth-order valence-corrected chi connectivity index (χ4v) is 3.50. The van der Waals surface area contributed by atoms with Crippen LogP contribution in [0.2, 0.25) is 0 Å². The van der Waals surface area contributed by atoms with E-state index in [1.165, 1.54) is 42.5 Å². The second kappa shape index (κ2) is 9.63. The number of phenols is 5. The summed E-state index contributed by atoms with van der Waals surface area (Å²) >= 11 is 0. The summed E-state index contributed by atoms with van der Waals surface area (Å²) in [5.41, 5.74) is 1.61. The monoisotopic (exact) mass is 492 g/mol. The number of phenolic OH excluding ortho intramolecular Hbond substituents is 5. The van der Waals surface area contributed by atoms with Crippen LogP contribution < -0.4 is 4.74 Å². The number of carboxylic acid groups (broad SMARTS) is 1. The molecule has 1 unspecified atom stereocenters. The third kappa shape index (κ3) is 5.17. The molecule has 36 heavy (non-hydrogen) atoms. The maximum absolute atomic E-state index is 12.3. The van der Waals surface area contributed by atoms with Gasteiger partial charge in [-0.05, 0) is 47.5 Å². The molecule has 184 valence electrons. The van der Waals surface area contributed by atoms with Gasteiger partial charge in [0.05, 0.1) is 0 Å². The lowest BCUT2D eigenvalue weighted by Gasteiger charge is -2.13. The van der Waals surface area contributed by atoms with Crippen molar-refractivity contribution >= 4 is 30.2 Å². The summed E-state index contributed by atoms with van der Waals surface area (Å²) < 4.78 is 10.7. The molecule has 3 aromatic carbocycles. The number of aromatic hydroxyl groups is 5. The van der Waals surface area contributed by atoms with Gasteiger partial charge in [0.2, 0.25) is 6.10 Å². The summed E-state index contributed by atoms with van der Waals surface area (Å²) in [7, 11) is 0. The number of hydrogen-bond acceptors (Lipinski definition) is 9. The summed E-state index contributed by atoms with van der Waals surface area (Å²) in [5, 5.41) is 58.2. The van der Waals surface area contributed by atoms with Crippen molar-refractivity contribution in [2.45, 2.75) is 12.5 Å². The van der Waals surface area contributed by atoms with Gasteiger partial charge < -0.3 is 40.1 Å². The summed E-state index contributed by atoms with van der Waals surface area (Å²) in [6.45, 7) is 0. The van der Waals surface area contributed by atoms with Crippen LogP contribution in [-0.4, -0.2) is 48.7 Å². The molecule has 0 spiro atoms. The number of carbonyl (C=O) groups is 2. The first-order valence-electron chi connectivity index (χ1n) is 10.5. The molecule has 10 nitrogen and oxygen atoms in total. The highest BCUT2D eigenvalue weighted by Gasteiger charge is 2.23. The van der Waals surface area contributed by atoms with Crippen molar-refractivity contribution < 1.29 is 49.7 Å². The summed E-state index contributed by atoms with van der Waals surface area (Å²) in [4.78, 5) is 23.8. The fraction of sp³-hybridized carbons (Fsp3) is 0.0769. The lowest BCUT2D eigenvalue weighted by atomic mass is 10.1. The summed E-state index contributed by atoms with van der Waals surface area (Å²) in [5.74, 6) is -3.82. The Balaban J connectivity index is 1.50. The van der Waals surface area contributed by atoms with Gasteiger partial charge in [0.1, 0.15) is 5.75 Å². The first kappa shape index (κ1) is 24.0. The van der Waals surface area contributed by atoms with E-state index in [4.69, 9.17) is 9.47 Å². The molecular weight excluding hydrogens is 472 g/mol. The van der Waals surface area contributed by atoms with E-state index in [0.717, 1.165) is 6.08 Å². The van der Waals surface area contributed by atoms with Gasteiger partial charge in [-0.3, -0.25) is 0 Å². The average molecular weight is 492 g/mol. The van der Waals surface area contributed by atoms with Gasteiger partial charge in [0.15, 0.2) is 34.5 Å². The smallest absolute Gasteiger partial charge is 0.345 e. The largest absolute Gasteiger partial charge is 0.504 e. The lowest BCUT2D eigenvalue weighted by Crippen LogP contribution is -2.28. The van der Waals surface area contributed by atoms with Crippen molar-refractivity contribution in [2.24, 2.45) is 0 Å². The highest BCUT2D eigenvalue weighted by atomic mass is 16.6. The SMILES string of the molecule is O=C(/C=C/c1cc(O)c2c(c1)C=Cc1cc(O)c(O)cc1O2)OC(Cc1ccc(O)c(O)c1)C(=O)O. The molecule has 4 rings (SSSR count). The van der Waals surface area contributed by atoms with E-state index in [2.05, 4.69) is 0 Å². The Labute approximate surface area is 203 Å². The van der Waals surface area contributed by atoms with Crippen LogP contribution in [0.15, 0.2) is 48.5 Å². The molecule has 0 fully saturated rings. The van der Waals surface area contributed by atoms with Crippen molar-refractivity contribution in [3.8, 4) is 40.2 Å². The number of benzene rings is 3. The van der Waals surface area contributed by atoms with Gasteiger partial charge in [-0.2, -0.15) is 0 Å². The maximum Gasteiger partial charge on any atom is 0.345 e. The number of carbonyl (C=O) groups excluding carboxylic acids is 1. The Morgan fingerprint density at radius 2 is 1.53 bits per heavy atom. The van der Waals surface area contributed by atoms with Gasteiger partial charge in [-0.25, -0.2) is 9.59 Å². The number of carboxylic acids is 1. The third-order valence-electron chi connectivity index (χ3n) is 5.29. The zero-order chi connectivity index (χ0) is 26.0. The zero-order valence-electron chi connectivity index (χ0n) is 18.5. The maximum atomic E-state index is 12.3. The zero-order valence-corrected chi connectivity index (χ0v) is 18.5. The number of rotatable bonds is 6. The molecule has 0 saturated heterocycles. The van der Waals surface area contributed by atoms with Crippen LogP contribution in [0, 0.1) is 0 Å². The average Bonchev–Trinajstić information content (AvgIpc) is 2.99. The molecule has 0 radical (unpaired) electrons. The van der Waals surface area contributed by atoms with Crippen LogP contribution >= 0.6 is 0 Å². The van der Waals surface area contributed by atoms with Crippen molar-refractivity contribution in [3.05, 3.63) is 70.8 Å². The molecular formula is C26H20O10. The molecule has 0 amide bonds. The standard InChI is InChI=1S/C26H20O10/c27-17-5-1-14(8-18(17)28)10-23(26(33)34)35-24(32)6-2-13-7-16-4-3-15-11-19(29)20(30)12-22(15)36-25(16)21(31)9-13/h1-9,11-12,23,27-31H,10H2,(H,33,34)/b6-2+. The topological polar surface area (TPSA) is 174 Å². The molecule has 10 heteroatoms. The summed E-state index contributed by atoms with van der Waals surface area (Å²) in [6, 6.07) is 9.18. The van der Waals surface area contributed by atoms with Crippen molar-refractivity contribution in [2.75, 3.05) is 0 Å². The molecule has 0 aliphatic carbocycles. The third-order valence-corrected chi connectivity index (χ3v) is 5.29. The number of hydrogen-bond donors (Lipinski definition) is 6. The first-order valence-corrected chi connectivity index (χ1v) is 10.5. The molecule has 1 atom stereocenters. The van der Waals surface area contributed by atoms with E-state index in [1.807, 2.05) is 0 Å². The van der Waals surface area contributed by atoms with E-state index in [1.54, 1.807) is 18.2 Å². The fourth-order valence-electron chi connectivity index (χ4n) is 3.50. The quantitative estimate of drug-likeness (QED) is 0.132. The molecule has 1 aliphatic rings. The van der Waals surface area contributed by atoms with Gasteiger partial charge in [-0.1, -0.05) is 18.2 Å². The first-order chi connectivity index (χ1) is 17.1. The Bertz CT molecular complexity index is 1420. The van der Waals surface area contributed by atoms with Gasteiger partial charge in [0, 0.05) is 29.7 Å². The Kier molecular flexibility index (Phi) is 6.42. The van der Waals surface area contributed by atoms with Crippen LogP contribution in [0.25, 0.3) is 18.2 Å². The molecule has 0 saturated carbocycles. The molecule has 1 aliphatic heterocycles. The van der Waals surface area contributed by atoms with Crippen LogP contribution in [-0.2, 0) is 20.7 Å². The van der Waals surface area contributed by atoms with E-state index < -0.39 is 23.8 Å². The predicted molar refractivity (Wildman–Crippen MR) is 127 cm³/mol. The van der Waals surface area contributed by atoms with E-state index in [9.17, 15) is 40.2 Å². The van der Waals surface area contributed by atoms with Gasteiger partial charge >= 0.3 is 11.9 Å². The Morgan fingerprint density at radius 1 is 0.833 bits per heavy atom. The van der Waals surface area contributed by atoms with Crippen LogP contribution in [0.3, 0.4) is 0 Å². The number of esters is 1. The highest BCUT2D eigenvalue weighted by Crippen LogP contribution is 2.43. The molecule has 0 bridgehead atoms. The molecule has 0 aromatic heterocycles. The Morgan fingerprint density at radius 3 is 2.25 bits per heavy atom. The van der Waals surface area contributed by atoms with E-state index in [-0.39, 0.29) is 40.9 Å². The predicted octanol–water partition coefficient (Wildman–Crippen LogP) is 3.74. The minimum Gasteiger partial charge on any atom is -0.504 e. The minimum atomic E-state index is -1.55. The van der Waals surface area contributed by atoms with Crippen LogP contribution in [0.4, 0.5) is 0 Å². The van der Waals surface area contributed by atoms with Crippen molar-refractivity contribution in [1.82, 2.24) is 0 Å². The van der Waals surface area contributed by atoms with Crippen LogP contribution in [0.1, 0.15) is 22.3 Å². The highest BCUT2D eigenvalue weighted by molar-refractivity contribution is 5.90. The number of ether oxygens (including phenoxy) is 2. The molecule has 6 N–H and O–H groups in total. The number of aliphatic carboxylic acids is 1.